The second-order valence-electron chi connectivity index (χ2n) is 6.72. The Morgan fingerprint density at radius 2 is 1.93 bits per heavy atom. The van der Waals surface area contributed by atoms with Crippen molar-refractivity contribution in [1.29, 1.82) is 0 Å². The summed E-state index contributed by atoms with van der Waals surface area (Å²) in [6, 6.07) is 13.1. The second kappa shape index (κ2) is 8.54. The van der Waals surface area contributed by atoms with Crippen molar-refractivity contribution < 1.29 is 13.2 Å². The summed E-state index contributed by atoms with van der Waals surface area (Å²) in [5.74, 6) is 0.0997. The highest BCUT2D eigenvalue weighted by atomic mass is 79.9. The first-order valence-corrected chi connectivity index (χ1v) is 11.5. The molecule has 144 valence electrons. The highest BCUT2D eigenvalue weighted by molar-refractivity contribution is 9.10. The molecule has 1 amide bonds. The van der Waals surface area contributed by atoms with Crippen LogP contribution in [0.4, 0.5) is 5.69 Å². The van der Waals surface area contributed by atoms with Gasteiger partial charge in [0.1, 0.15) is 0 Å². The number of sulfonamides is 1. The molecule has 0 fully saturated rings. The van der Waals surface area contributed by atoms with Crippen LogP contribution in [0.1, 0.15) is 36.5 Å². The predicted molar refractivity (Wildman–Crippen MR) is 111 cm³/mol. The number of amides is 1. The van der Waals surface area contributed by atoms with Crippen LogP contribution in [0.15, 0.2) is 46.9 Å². The number of fused-ring (bicyclic) bond motifs is 1. The fourth-order valence-electron chi connectivity index (χ4n) is 3.28. The summed E-state index contributed by atoms with van der Waals surface area (Å²) < 4.78 is 28.3. The number of hydrogen-bond donors (Lipinski definition) is 1. The van der Waals surface area contributed by atoms with Gasteiger partial charge in [0.25, 0.3) is 0 Å². The van der Waals surface area contributed by atoms with E-state index in [4.69, 9.17) is 0 Å². The number of halogens is 1. The standard InChI is InChI=1S/C20H23BrN2O3S/c1-2-10-23-19-8-6-15(11-17(19)7-9-20(23)24)13-22-27(25,26)14-16-4-3-5-18(21)12-16/h3-6,8,11-12,22H,2,7,9-10,13-14H2,1H3. The quantitative estimate of drug-likeness (QED) is 0.697. The average Bonchev–Trinajstić information content (AvgIpc) is 2.62. The Morgan fingerprint density at radius 3 is 2.67 bits per heavy atom. The number of nitrogens with one attached hydrogen (secondary N) is 1. The third-order valence-corrected chi connectivity index (χ3v) is 6.32. The Kier molecular flexibility index (Phi) is 6.34. The van der Waals surface area contributed by atoms with E-state index in [0.717, 1.165) is 33.3 Å². The van der Waals surface area contributed by atoms with Gasteiger partial charge in [-0.2, -0.15) is 0 Å². The van der Waals surface area contributed by atoms with Crippen molar-refractivity contribution in [2.45, 2.75) is 38.5 Å². The summed E-state index contributed by atoms with van der Waals surface area (Å²) in [6.07, 6.45) is 2.11. The number of nitrogens with zero attached hydrogens (tertiary/aromatic N) is 1. The topological polar surface area (TPSA) is 66.5 Å². The Hall–Kier alpha value is -1.70. The van der Waals surface area contributed by atoms with E-state index in [1.54, 1.807) is 12.1 Å². The van der Waals surface area contributed by atoms with E-state index >= 15 is 0 Å². The van der Waals surface area contributed by atoms with Crippen molar-refractivity contribution in [3.63, 3.8) is 0 Å². The van der Waals surface area contributed by atoms with Gasteiger partial charge >= 0.3 is 0 Å². The molecule has 27 heavy (non-hydrogen) atoms. The molecule has 7 heteroatoms. The molecule has 1 heterocycles. The average molecular weight is 451 g/mol. The van der Waals surface area contributed by atoms with Crippen LogP contribution in [-0.4, -0.2) is 20.9 Å². The van der Waals surface area contributed by atoms with E-state index in [0.29, 0.717) is 19.4 Å². The third-order valence-electron chi connectivity index (χ3n) is 4.53. The summed E-state index contributed by atoms with van der Waals surface area (Å²) in [4.78, 5) is 14.0. The molecule has 1 aliphatic heterocycles. The van der Waals surface area contributed by atoms with Gasteiger partial charge in [-0.1, -0.05) is 47.1 Å². The fourth-order valence-corrected chi connectivity index (χ4v) is 4.84. The molecule has 2 aromatic rings. The molecule has 0 atom stereocenters. The molecule has 3 rings (SSSR count). The number of benzene rings is 2. The van der Waals surface area contributed by atoms with Crippen molar-refractivity contribution in [3.8, 4) is 0 Å². The second-order valence-corrected chi connectivity index (χ2v) is 9.44. The van der Waals surface area contributed by atoms with Gasteiger partial charge in [-0.15, -0.1) is 0 Å². The van der Waals surface area contributed by atoms with Gasteiger partial charge in [-0.05, 0) is 47.7 Å². The van der Waals surface area contributed by atoms with Crippen molar-refractivity contribution in [1.82, 2.24) is 4.72 Å². The van der Waals surface area contributed by atoms with Gasteiger partial charge in [0.2, 0.25) is 15.9 Å². The van der Waals surface area contributed by atoms with Gasteiger partial charge in [0.15, 0.2) is 0 Å². The van der Waals surface area contributed by atoms with E-state index in [9.17, 15) is 13.2 Å². The molecule has 1 N–H and O–H groups in total. The van der Waals surface area contributed by atoms with Crippen molar-refractivity contribution in [2.75, 3.05) is 11.4 Å². The zero-order chi connectivity index (χ0) is 19.4. The molecule has 0 aliphatic carbocycles. The molecule has 0 bridgehead atoms. The Balaban J connectivity index is 1.69. The molecule has 0 saturated carbocycles. The van der Waals surface area contributed by atoms with E-state index in [2.05, 4.69) is 27.6 Å². The van der Waals surface area contributed by atoms with Crippen LogP contribution < -0.4 is 9.62 Å². The summed E-state index contributed by atoms with van der Waals surface area (Å²) in [5, 5.41) is 0. The number of hydrogen-bond acceptors (Lipinski definition) is 3. The highest BCUT2D eigenvalue weighted by Gasteiger charge is 2.23. The lowest BCUT2D eigenvalue weighted by atomic mass is 9.98. The molecule has 1 aliphatic rings. The maximum Gasteiger partial charge on any atom is 0.227 e. The van der Waals surface area contributed by atoms with Crippen LogP contribution in [0.5, 0.6) is 0 Å². The summed E-state index contributed by atoms with van der Waals surface area (Å²) in [7, 11) is -3.43. The van der Waals surface area contributed by atoms with Crippen molar-refractivity contribution in [2.24, 2.45) is 0 Å². The number of aryl methyl sites for hydroxylation is 1. The molecule has 0 spiro atoms. The summed E-state index contributed by atoms with van der Waals surface area (Å²) >= 11 is 3.36. The lowest BCUT2D eigenvalue weighted by molar-refractivity contribution is -0.118. The fraction of sp³-hybridized carbons (Fsp3) is 0.350. The van der Waals surface area contributed by atoms with Crippen LogP contribution in [-0.2, 0) is 33.5 Å². The van der Waals surface area contributed by atoms with Crippen LogP contribution in [0.3, 0.4) is 0 Å². The van der Waals surface area contributed by atoms with Crippen LogP contribution in [0.2, 0.25) is 0 Å². The lowest BCUT2D eigenvalue weighted by Gasteiger charge is -2.29. The first kappa shape index (κ1) is 20.0. The van der Waals surface area contributed by atoms with E-state index in [-0.39, 0.29) is 18.2 Å². The van der Waals surface area contributed by atoms with Crippen LogP contribution in [0, 0.1) is 0 Å². The first-order valence-electron chi connectivity index (χ1n) is 9.02. The summed E-state index contributed by atoms with van der Waals surface area (Å²) in [6.45, 7) is 3.01. The maximum atomic E-state index is 12.4. The van der Waals surface area contributed by atoms with Crippen LogP contribution >= 0.6 is 15.9 Å². The Labute approximate surface area is 169 Å². The zero-order valence-corrected chi connectivity index (χ0v) is 17.6. The van der Waals surface area contributed by atoms with Gasteiger partial charge < -0.3 is 4.90 Å². The van der Waals surface area contributed by atoms with Crippen molar-refractivity contribution in [3.05, 3.63) is 63.6 Å². The third kappa shape index (κ3) is 5.18. The summed E-state index contributed by atoms with van der Waals surface area (Å²) in [5.41, 5.74) is 3.69. The van der Waals surface area contributed by atoms with Crippen LogP contribution in [0.25, 0.3) is 0 Å². The number of carbonyl (C=O) groups is 1. The van der Waals surface area contributed by atoms with E-state index in [1.165, 1.54) is 0 Å². The minimum atomic E-state index is -3.43. The van der Waals surface area contributed by atoms with Gasteiger partial charge in [-0.3, -0.25) is 4.79 Å². The molecule has 0 radical (unpaired) electrons. The first-order chi connectivity index (χ1) is 12.9. The largest absolute Gasteiger partial charge is 0.312 e. The van der Waals surface area contributed by atoms with Gasteiger partial charge in [0.05, 0.1) is 5.75 Å². The highest BCUT2D eigenvalue weighted by Crippen LogP contribution is 2.29. The van der Waals surface area contributed by atoms with E-state index in [1.807, 2.05) is 35.2 Å². The molecular formula is C20H23BrN2O3S. The molecule has 0 unspecified atom stereocenters. The normalized spacial score (nSPS) is 14.3. The predicted octanol–water partition coefficient (Wildman–Crippen LogP) is 3.76. The molecule has 0 saturated heterocycles. The Morgan fingerprint density at radius 1 is 1.11 bits per heavy atom. The van der Waals surface area contributed by atoms with E-state index < -0.39 is 10.0 Å². The molecular weight excluding hydrogens is 428 g/mol. The van der Waals surface area contributed by atoms with Gasteiger partial charge in [0, 0.05) is 29.7 Å². The SMILES string of the molecule is CCCN1C(=O)CCc2cc(CNS(=O)(=O)Cc3cccc(Br)c3)ccc21. The molecule has 0 aromatic heterocycles. The number of rotatable bonds is 7. The molecule has 5 nitrogen and oxygen atoms in total. The van der Waals surface area contributed by atoms with Crippen molar-refractivity contribution >= 4 is 37.5 Å². The maximum absolute atomic E-state index is 12.4. The number of carbonyl (C=O) groups excluding carboxylic acids is 1. The monoisotopic (exact) mass is 450 g/mol. The zero-order valence-electron chi connectivity index (χ0n) is 15.2. The van der Waals surface area contributed by atoms with Gasteiger partial charge in [-0.25, -0.2) is 13.1 Å². The minimum Gasteiger partial charge on any atom is -0.312 e. The minimum absolute atomic E-state index is 0.0594. The lowest BCUT2D eigenvalue weighted by Crippen LogP contribution is -2.35. The smallest absolute Gasteiger partial charge is 0.227 e. The number of anilines is 1. The molecule has 2 aromatic carbocycles. The Bertz CT molecular complexity index is 944.